The Bertz CT molecular complexity index is 537. The zero-order valence-corrected chi connectivity index (χ0v) is 10.9. The first-order valence-electron chi connectivity index (χ1n) is 6.84. The first-order valence-corrected chi connectivity index (χ1v) is 6.84. The maximum Gasteiger partial charge on any atom is 0.133 e. The molecule has 2 aliphatic rings. The van der Waals surface area contributed by atoms with Gasteiger partial charge in [0.2, 0.25) is 0 Å². The Morgan fingerprint density at radius 3 is 2.84 bits per heavy atom. The van der Waals surface area contributed by atoms with Crippen molar-refractivity contribution in [2.75, 3.05) is 23.3 Å². The van der Waals surface area contributed by atoms with Gasteiger partial charge in [0, 0.05) is 32.0 Å². The fourth-order valence-corrected chi connectivity index (χ4v) is 3.04. The summed E-state index contributed by atoms with van der Waals surface area (Å²) in [7, 11) is 0. The average Bonchev–Trinajstić information content (AvgIpc) is 2.47. The van der Waals surface area contributed by atoms with E-state index in [4.69, 9.17) is 5.26 Å². The van der Waals surface area contributed by atoms with Crippen molar-refractivity contribution < 1.29 is 4.79 Å². The number of Topliss-reactive ketones (excluding diaryl/α,β-unsaturated/α-hetero) is 1. The molecule has 1 fully saturated rings. The molecule has 0 atom stereocenters. The minimum absolute atomic E-state index is 0.386. The molecule has 0 aromatic heterocycles. The first-order chi connectivity index (χ1) is 9.28. The molecule has 0 spiro atoms. The van der Waals surface area contributed by atoms with Crippen LogP contribution in [0.2, 0.25) is 0 Å². The van der Waals surface area contributed by atoms with E-state index in [1.165, 1.54) is 0 Å². The summed E-state index contributed by atoms with van der Waals surface area (Å²) in [6, 6.07) is 8.42. The summed E-state index contributed by atoms with van der Waals surface area (Å²) in [5.41, 5.74) is 2.91. The molecule has 1 aliphatic carbocycles. The van der Waals surface area contributed by atoms with Crippen molar-refractivity contribution in [3.8, 4) is 6.07 Å². The molecule has 1 N–H and O–H groups in total. The van der Waals surface area contributed by atoms with E-state index >= 15 is 0 Å². The van der Waals surface area contributed by atoms with Gasteiger partial charge in [0.1, 0.15) is 5.78 Å². The van der Waals surface area contributed by atoms with Gasteiger partial charge in [0.25, 0.3) is 0 Å². The van der Waals surface area contributed by atoms with Crippen molar-refractivity contribution in [3.05, 3.63) is 23.8 Å². The van der Waals surface area contributed by atoms with Gasteiger partial charge in [0.05, 0.1) is 23.0 Å². The molecule has 98 valence electrons. The number of carbonyl (C=O) groups is 1. The summed E-state index contributed by atoms with van der Waals surface area (Å²) in [6.45, 7) is 1.87. The lowest BCUT2D eigenvalue weighted by Crippen LogP contribution is -2.43. The third-order valence-electron chi connectivity index (χ3n) is 4.06. The van der Waals surface area contributed by atoms with Crippen LogP contribution in [0.15, 0.2) is 18.2 Å². The minimum Gasteiger partial charge on any atom is -0.382 e. The van der Waals surface area contributed by atoms with E-state index in [2.05, 4.69) is 16.3 Å². The van der Waals surface area contributed by atoms with Crippen molar-refractivity contribution in [2.24, 2.45) is 0 Å². The van der Waals surface area contributed by atoms with Crippen molar-refractivity contribution >= 4 is 17.2 Å². The van der Waals surface area contributed by atoms with Crippen molar-refractivity contribution in [1.29, 1.82) is 5.26 Å². The normalized spacial score (nSPS) is 19.5. The van der Waals surface area contributed by atoms with Crippen LogP contribution >= 0.6 is 0 Å². The van der Waals surface area contributed by atoms with E-state index in [9.17, 15) is 4.79 Å². The van der Waals surface area contributed by atoms with Gasteiger partial charge < -0.3 is 10.2 Å². The Kier molecular flexibility index (Phi) is 3.12. The number of benzene rings is 1. The van der Waals surface area contributed by atoms with Gasteiger partial charge in [-0.25, -0.2) is 0 Å². The second-order valence-corrected chi connectivity index (χ2v) is 5.23. The quantitative estimate of drug-likeness (QED) is 0.836. The van der Waals surface area contributed by atoms with Gasteiger partial charge in [-0.2, -0.15) is 5.26 Å². The predicted molar refractivity (Wildman–Crippen MR) is 74.3 cm³/mol. The second-order valence-electron chi connectivity index (χ2n) is 5.23. The summed E-state index contributed by atoms with van der Waals surface area (Å²) in [5, 5.41) is 12.4. The number of fused-ring (bicyclic) bond motifs is 1. The standard InChI is InChI=1S/C15H17N3O/c16-10-11-1-6-14-15(9-11)18(8-7-17-14)12-2-4-13(19)5-3-12/h1,6,9,12,17H,2-5,7-8H2. The van der Waals surface area contributed by atoms with Gasteiger partial charge in [-0.3, -0.25) is 4.79 Å². The highest BCUT2D eigenvalue weighted by Crippen LogP contribution is 2.34. The van der Waals surface area contributed by atoms with Crippen molar-refractivity contribution in [2.45, 2.75) is 31.7 Å². The van der Waals surface area contributed by atoms with E-state index < -0.39 is 0 Å². The molecule has 1 aliphatic heterocycles. The molecule has 19 heavy (non-hydrogen) atoms. The Morgan fingerprint density at radius 2 is 2.11 bits per heavy atom. The summed E-state index contributed by atoms with van der Waals surface area (Å²) in [6.07, 6.45) is 3.27. The van der Waals surface area contributed by atoms with Crippen LogP contribution in [0, 0.1) is 11.3 Å². The van der Waals surface area contributed by atoms with E-state index in [-0.39, 0.29) is 0 Å². The number of rotatable bonds is 1. The second kappa shape index (κ2) is 4.93. The highest BCUT2D eigenvalue weighted by Gasteiger charge is 2.27. The molecule has 3 rings (SSSR count). The van der Waals surface area contributed by atoms with Gasteiger partial charge in [0.15, 0.2) is 0 Å². The molecule has 4 heteroatoms. The lowest BCUT2D eigenvalue weighted by molar-refractivity contribution is -0.120. The predicted octanol–water partition coefficient (Wildman–Crippen LogP) is 2.30. The summed E-state index contributed by atoms with van der Waals surface area (Å²) in [4.78, 5) is 13.7. The van der Waals surface area contributed by atoms with Crippen LogP contribution < -0.4 is 10.2 Å². The zero-order valence-electron chi connectivity index (χ0n) is 10.9. The van der Waals surface area contributed by atoms with Gasteiger partial charge in [-0.1, -0.05) is 0 Å². The molecule has 1 saturated carbocycles. The Balaban J connectivity index is 1.89. The fourth-order valence-electron chi connectivity index (χ4n) is 3.04. The molecule has 4 nitrogen and oxygen atoms in total. The summed E-state index contributed by atoms with van der Waals surface area (Å²) >= 11 is 0. The number of anilines is 2. The number of carbonyl (C=O) groups excluding carboxylic acids is 1. The van der Waals surface area contributed by atoms with E-state index in [1.54, 1.807) is 0 Å². The van der Waals surface area contributed by atoms with Gasteiger partial charge in [-0.15, -0.1) is 0 Å². The number of hydrogen-bond acceptors (Lipinski definition) is 4. The third-order valence-corrected chi connectivity index (χ3v) is 4.06. The van der Waals surface area contributed by atoms with Gasteiger partial charge >= 0.3 is 0 Å². The minimum atomic E-state index is 0.386. The van der Waals surface area contributed by atoms with Crippen LogP contribution in [0.4, 0.5) is 11.4 Å². The lowest BCUT2D eigenvalue weighted by Gasteiger charge is -2.40. The highest BCUT2D eigenvalue weighted by atomic mass is 16.1. The number of nitrogens with zero attached hydrogens (tertiary/aromatic N) is 2. The topological polar surface area (TPSA) is 56.1 Å². The SMILES string of the molecule is N#Cc1ccc2c(c1)N(C1CCC(=O)CC1)CCN2. The Morgan fingerprint density at radius 1 is 1.32 bits per heavy atom. The molecule has 0 saturated heterocycles. The van der Waals surface area contributed by atoms with E-state index in [1.807, 2.05) is 18.2 Å². The lowest BCUT2D eigenvalue weighted by atomic mass is 9.92. The molecule has 0 bridgehead atoms. The fraction of sp³-hybridized carbons (Fsp3) is 0.467. The van der Waals surface area contributed by atoms with E-state index in [0.717, 1.165) is 37.3 Å². The largest absolute Gasteiger partial charge is 0.382 e. The molecule has 1 aromatic carbocycles. The van der Waals surface area contributed by atoms with Crippen LogP contribution in [-0.4, -0.2) is 24.9 Å². The zero-order chi connectivity index (χ0) is 13.2. The monoisotopic (exact) mass is 255 g/mol. The maximum absolute atomic E-state index is 11.4. The average molecular weight is 255 g/mol. The molecule has 1 aromatic rings. The Hall–Kier alpha value is -2.02. The summed E-state index contributed by atoms with van der Waals surface area (Å²) in [5.74, 6) is 0.386. The number of ketones is 1. The van der Waals surface area contributed by atoms with Crippen LogP contribution in [0.25, 0.3) is 0 Å². The Labute approximate surface area is 113 Å². The molecular formula is C15H17N3O. The number of nitrogens with one attached hydrogen (secondary N) is 1. The maximum atomic E-state index is 11.4. The third kappa shape index (κ3) is 2.28. The van der Waals surface area contributed by atoms with Crippen molar-refractivity contribution in [3.63, 3.8) is 0 Å². The molecule has 0 amide bonds. The van der Waals surface area contributed by atoms with Gasteiger partial charge in [-0.05, 0) is 31.0 Å². The van der Waals surface area contributed by atoms with E-state index in [0.29, 0.717) is 30.2 Å². The van der Waals surface area contributed by atoms with Crippen LogP contribution in [-0.2, 0) is 4.79 Å². The van der Waals surface area contributed by atoms with Crippen molar-refractivity contribution in [1.82, 2.24) is 0 Å². The molecule has 0 radical (unpaired) electrons. The van der Waals surface area contributed by atoms with Crippen LogP contribution in [0.5, 0.6) is 0 Å². The highest BCUT2D eigenvalue weighted by molar-refractivity contribution is 5.80. The smallest absolute Gasteiger partial charge is 0.133 e. The molecule has 0 unspecified atom stereocenters. The summed E-state index contributed by atoms with van der Waals surface area (Å²) < 4.78 is 0. The number of hydrogen-bond donors (Lipinski definition) is 1. The molecular weight excluding hydrogens is 238 g/mol. The molecule has 1 heterocycles. The first kappa shape index (κ1) is 12.0. The van der Waals surface area contributed by atoms with Crippen LogP contribution in [0.3, 0.4) is 0 Å². The van der Waals surface area contributed by atoms with Crippen LogP contribution in [0.1, 0.15) is 31.2 Å². The number of nitriles is 1.